The van der Waals surface area contributed by atoms with Gasteiger partial charge in [0.25, 0.3) is 0 Å². The van der Waals surface area contributed by atoms with Crippen molar-refractivity contribution in [3.8, 4) is 0 Å². The Labute approximate surface area is 104 Å². The predicted octanol–water partition coefficient (Wildman–Crippen LogP) is 2.01. The van der Waals surface area contributed by atoms with E-state index in [0.29, 0.717) is 24.9 Å². The summed E-state index contributed by atoms with van der Waals surface area (Å²) in [6, 6.07) is 0.291. The third-order valence-corrected chi connectivity index (χ3v) is 3.51. The van der Waals surface area contributed by atoms with Gasteiger partial charge >= 0.3 is 0 Å². The van der Waals surface area contributed by atoms with Gasteiger partial charge in [0.05, 0.1) is 0 Å². The van der Waals surface area contributed by atoms with Crippen LogP contribution in [0.15, 0.2) is 0 Å². The minimum Gasteiger partial charge on any atom is -0.354 e. The highest BCUT2D eigenvalue weighted by molar-refractivity contribution is 7.99. The molecule has 0 aromatic heterocycles. The first-order valence-electron chi connectivity index (χ1n) is 6.17. The van der Waals surface area contributed by atoms with Gasteiger partial charge in [-0.05, 0) is 43.7 Å². The molecule has 0 aromatic carbocycles. The van der Waals surface area contributed by atoms with Crippen molar-refractivity contribution >= 4 is 17.7 Å². The van der Waals surface area contributed by atoms with Crippen LogP contribution in [0.2, 0.25) is 0 Å². The van der Waals surface area contributed by atoms with Crippen molar-refractivity contribution in [2.24, 2.45) is 11.7 Å². The quantitative estimate of drug-likeness (QED) is 0.612. The zero-order valence-electron chi connectivity index (χ0n) is 10.8. The molecular weight excluding hydrogens is 220 g/mol. The van der Waals surface area contributed by atoms with Gasteiger partial charge in [0.15, 0.2) is 0 Å². The van der Waals surface area contributed by atoms with Crippen molar-refractivity contribution in [1.29, 1.82) is 0 Å². The molecule has 0 bridgehead atoms. The van der Waals surface area contributed by atoms with E-state index in [4.69, 9.17) is 5.73 Å². The molecule has 2 unspecified atom stereocenters. The smallest absolute Gasteiger partial charge is 0.220 e. The molecule has 0 spiro atoms. The number of nitrogens with one attached hydrogen (secondary N) is 1. The molecule has 0 fully saturated rings. The number of hydrogen-bond acceptors (Lipinski definition) is 3. The van der Waals surface area contributed by atoms with Crippen molar-refractivity contribution in [3.05, 3.63) is 0 Å². The minimum absolute atomic E-state index is 0.161. The number of carbonyl (C=O) groups is 1. The van der Waals surface area contributed by atoms with Crippen LogP contribution in [0.3, 0.4) is 0 Å². The van der Waals surface area contributed by atoms with Gasteiger partial charge in [-0.25, -0.2) is 0 Å². The van der Waals surface area contributed by atoms with Gasteiger partial charge in [0.1, 0.15) is 0 Å². The Morgan fingerprint density at radius 2 is 2.06 bits per heavy atom. The number of nitrogens with two attached hydrogens (primary N) is 1. The molecule has 16 heavy (non-hydrogen) atoms. The molecule has 3 nitrogen and oxygen atoms in total. The van der Waals surface area contributed by atoms with Crippen molar-refractivity contribution in [1.82, 2.24) is 5.32 Å². The van der Waals surface area contributed by atoms with Crippen molar-refractivity contribution in [2.45, 2.75) is 46.1 Å². The maximum absolute atomic E-state index is 11.5. The lowest BCUT2D eigenvalue weighted by Crippen LogP contribution is -2.33. The third-order valence-electron chi connectivity index (χ3n) is 2.57. The Bertz CT molecular complexity index is 188. The number of amides is 1. The van der Waals surface area contributed by atoms with Gasteiger partial charge in [0.2, 0.25) is 5.91 Å². The lowest BCUT2D eigenvalue weighted by atomic mass is 10.1. The monoisotopic (exact) mass is 246 g/mol. The zero-order valence-corrected chi connectivity index (χ0v) is 11.6. The van der Waals surface area contributed by atoms with Crippen LogP contribution < -0.4 is 11.1 Å². The van der Waals surface area contributed by atoms with Crippen molar-refractivity contribution in [3.63, 3.8) is 0 Å². The van der Waals surface area contributed by atoms with Crippen LogP contribution in [0.5, 0.6) is 0 Å². The highest BCUT2D eigenvalue weighted by atomic mass is 32.2. The summed E-state index contributed by atoms with van der Waals surface area (Å²) in [5.41, 5.74) is 5.51. The molecule has 0 aromatic rings. The van der Waals surface area contributed by atoms with Gasteiger partial charge in [0, 0.05) is 12.5 Å². The van der Waals surface area contributed by atoms with Crippen LogP contribution in [0, 0.1) is 5.92 Å². The third kappa shape index (κ3) is 9.04. The van der Waals surface area contributed by atoms with E-state index in [-0.39, 0.29) is 5.91 Å². The molecular formula is C12H26N2OS. The van der Waals surface area contributed by atoms with Crippen LogP contribution in [0.4, 0.5) is 0 Å². The molecule has 1 amide bonds. The molecule has 4 heteroatoms. The first-order valence-corrected chi connectivity index (χ1v) is 7.32. The summed E-state index contributed by atoms with van der Waals surface area (Å²) in [6.07, 6.45) is 2.54. The van der Waals surface area contributed by atoms with Crippen molar-refractivity contribution in [2.75, 3.05) is 18.1 Å². The van der Waals surface area contributed by atoms with E-state index in [1.165, 1.54) is 0 Å². The second-order valence-corrected chi connectivity index (χ2v) is 5.73. The first kappa shape index (κ1) is 15.8. The van der Waals surface area contributed by atoms with E-state index >= 15 is 0 Å². The fourth-order valence-corrected chi connectivity index (χ4v) is 2.13. The lowest BCUT2D eigenvalue weighted by Gasteiger charge is -2.14. The van der Waals surface area contributed by atoms with Crippen LogP contribution in [-0.2, 0) is 4.79 Å². The van der Waals surface area contributed by atoms with Crippen LogP contribution >= 0.6 is 11.8 Å². The van der Waals surface area contributed by atoms with Crippen LogP contribution in [0.1, 0.15) is 40.0 Å². The molecule has 0 saturated heterocycles. The topological polar surface area (TPSA) is 55.1 Å². The molecule has 0 heterocycles. The van der Waals surface area contributed by atoms with Gasteiger partial charge < -0.3 is 11.1 Å². The Balaban J connectivity index is 3.54. The van der Waals surface area contributed by atoms with E-state index in [2.05, 4.69) is 26.1 Å². The normalized spacial score (nSPS) is 14.5. The number of carbonyl (C=O) groups excluding carboxylic acids is 1. The van der Waals surface area contributed by atoms with Gasteiger partial charge in [-0.15, -0.1) is 0 Å². The highest BCUT2D eigenvalue weighted by Gasteiger charge is 2.08. The fourth-order valence-electron chi connectivity index (χ4n) is 1.32. The molecule has 3 N–H and O–H groups in total. The number of thioether (sulfide) groups is 1. The van der Waals surface area contributed by atoms with Gasteiger partial charge in [-0.2, -0.15) is 11.8 Å². The van der Waals surface area contributed by atoms with E-state index in [0.717, 1.165) is 24.3 Å². The Morgan fingerprint density at radius 3 is 2.62 bits per heavy atom. The van der Waals surface area contributed by atoms with E-state index in [1.54, 1.807) is 0 Å². The van der Waals surface area contributed by atoms with Crippen molar-refractivity contribution < 1.29 is 4.79 Å². The van der Waals surface area contributed by atoms with Gasteiger partial charge in [-0.3, -0.25) is 4.79 Å². The van der Waals surface area contributed by atoms with E-state index < -0.39 is 0 Å². The summed E-state index contributed by atoms with van der Waals surface area (Å²) in [5.74, 6) is 2.87. The first-order chi connectivity index (χ1) is 7.60. The Morgan fingerprint density at radius 1 is 1.38 bits per heavy atom. The molecule has 0 rings (SSSR count). The second kappa shape index (κ2) is 9.97. The van der Waals surface area contributed by atoms with E-state index in [9.17, 15) is 4.79 Å². The molecule has 0 aliphatic heterocycles. The zero-order chi connectivity index (χ0) is 12.4. The van der Waals surface area contributed by atoms with E-state index in [1.807, 2.05) is 11.8 Å². The molecule has 96 valence electrons. The molecule has 0 aliphatic rings. The predicted molar refractivity (Wildman–Crippen MR) is 72.7 cm³/mol. The fraction of sp³-hybridized carbons (Fsp3) is 0.917. The number of rotatable bonds is 9. The summed E-state index contributed by atoms with van der Waals surface area (Å²) in [6.45, 7) is 6.97. The minimum atomic E-state index is 0.161. The lowest BCUT2D eigenvalue weighted by molar-refractivity contribution is -0.121. The highest BCUT2D eigenvalue weighted by Crippen LogP contribution is 2.06. The SMILES string of the molecule is CCSCCC(C)NC(=O)CCC(C)CN. The van der Waals surface area contributed by atoms with Crippen LogP contribution in [-0.4, -0.2) is 30.0 Å². The average molecular weight is 246 g/mol. The molecule has 0 saturated carbocycles. The Hall–Kier alpha value is -0.220. The molecule has 0 aliphatic carbocycles. The molecule has 0 radical (unpaired) electrons. The Kier molecular flexibility index (Phi) is 9.83. The summed E-state index contributed by atoms with van der Waals surface area (Å²) < 4.78 is 0. The van der Waals surface area contributed by atoms with Crippen LogP contribution in [0.25, 0.3) is 0 Å². The summed E-state index contributed by atoms with van der Waals surface area (Å²) in [5, 5.41) is 3.03. The number of hydrogen-bond donors (Lipinski definition) is 2. The van der Waals surface area contributed by atoms with Gasteiger partial charge in [-0.1, -0.05) is 13.8 Å². The summed E-state index contributed by atoms with van der Waals surface area (Å²) in [7, 11) is 0. The maximum Gasteiger partial charge on any atom is 0.220 e. The summed E-state index contributed by atoms with van der Waals surface area (Å²) >= 11 is 1.92. The second-order valence-electron chi connectivity index (χ2n) is 4.33. The largest absolute Gasteiger partial charge is 0.354 e. The standard InChI is InChI=1S/C12H26N2OS/c1-4-16-8-7-11(3)14-12(15)6-5-10(2)9-13/h10-11H,4-9,13H2,1-3H3,(H,14,15). The molecule has 2 atom stereocenters. The summed E-state index contributed by atoms with van der Waals surface area (Å²) in [4.78, 5) is 11.5. The maximum atomic E-state index is 11.5. The average Bonchev–Trinajstić information content (AvgIpc) is 2.26.